The number of nitrogens with one attached hydrogen (secondary N) is 1. The van der Waals surface area contributed by atoms with Gasteiger partial charge in [-0.1, -0.05) is 23.7 Å². The molecule has 0 spiro atoms. The van der Waals surface area contributed by atoms with Gasteiger partial charge >= 0.3 is 0 Å². The van der Waals surface area contributed by atoms with Crippen LogP contribution in [0.1, 0.15) is 5.56 Å². The Labute approximate surface area is 110 Å². The molecular formula is C13H14ClN3O. The Bertz CT molecular complexity index is 551. The van der Waals surface area contributed by atoms with E-state index < -0.39 is 0 Å². The Balaban J connectivity index is 1.99. The molecule has 0 bridgehead atoms. The number of para-hydroxylation sites is 1. The third kappa shape index (κ3) is 3.12. The molecule has 0 atom stereocenters. The molecule has 2 aromatic rings. The maximum Gasteiger partial charge on any atom is 0.244 e. The van der Waals surface area contributed by atoms with Crippen LogP contribution in [0.5, 0.6) is 0 Å². The van der Waals surface area contributed by atoms with Crippen LogP contribution in [0.4, 0.5) is 5.69 Å². The molecule has 1 aromatic heterocycles. The van der Waals surface area contributed by atoms with E-state index >= 15 is 0 Å². The van der Waals surface area contributed by atoms with Gasteiger partial charge in [-0.2, -0.15) is 0 Å². The van der Waals surface area contributed by atoms with Gasteiger partial charge in [0.1, 0.15) is 6.54 Å². The molecule has 2 rings (SSSR count). The summed E-state index contributed by atoms with van der Waals surface area (Å²) in [4.78, 5) is 11.8. The second kappa shape index (κ2) is 5.71. The van der Waals surface area contributed by atoms with Gasteiger partial charge in [0.2, 0.25) is 5.91 Å². The summed E-state index contributed by atoms with van der Waals surface area (Å²) in [6.07, 6.45) is 3.68. The summed E-state index contributed by atoms with van der Waals surface area (Å²) in [6.45, 7) is 0.713. The highest BCUT2D eigenvalue weighted by Gasteiger charge is 2.06. The van der Waals surface area contributed by atoms with Crippen LogP contribution in [0.3, 0.4) is 0 Å². The lowest BCUT2D eigenvalue weighted by Crippen LogP contribution is -2.18. The van der Waals surface area contributed by atoms with Gasteiger partial charge in [0.15, 0.2) is 0 Å². The van der Waals surface area contributed by atoms with Gasteiger partial charge < -0.3 is 15.6 Å². The molecule has 0 aliphatic heterocycles. The number of halogens is 1. The average molecular weight is 264 g/mol. The first-order chi connectivity index (χ1) is 8.69. The smallest absolute Gasteiger partial charge is 0.244 e. The van der Waals surface area contributed by atoms with E-state index in [2.05, 4.69) is 5.32 Å². The fraction of sp³-hybridized carbons (Fsp3) is 0.154. The molecule has 18 heavy (non-hydrogen) atoms. The minimum atomic E-state index is -0.123. The highest BCUT2D eigenvalue weighted by molar-refractivity contribution is 6.33. The van der Waals surface area contributed by atoms with Gasteiger partial charge in [-0.25, -0.2) is 0 Å². The third-order valence-corrected chi connectivity index (χ3v) is 2.85. The predicted octanol–water partition coefficient (Wildman–Crippen LogP) is 2.24. The molecule has 1 amide bonds. The summed E-state index contributed by atoms with van der Waals surface area (Å²) in [5.41, 5.74) is 7.13. The van der Waals surface area contributed by atoms with E-state index in [1.165, 1.54) is 0 Å². The van der Waals surface area contributed by atoms with E-state index in [9.17, 15) is 4.79 Å². The third-order valence-electron chi connectivity index (χ3n) is 2.52. The minimum absolute atomic E-state index is 0.123. The van der Waals surface area contributed by atoms with Gasteiger partial charge in [-0.15, -0.1) is 0 Å². The second-order valence-corrected chi connectivity index (χ2v) is 4.33. The molecule has 0 aliphatic carbocycles. The number of aromatic nitrogens is 1. The number of hydrogen-bond acceptors (Lipinski definition) is 2. The van der Waals surface area contributed by atoms with Crippen molar-refractivity contribution < 1.29 is 4.79 Å². The standard InChI is InChI=1S/C13H14ClN3O/c14-11-3-1-2-4-12(11)16-13(18)9-17-6-5-10(7-15)8-17/h1-6,8H,7,9,15H2,(H,16,18). The Hall–Kier alpha value is -1.78. The van der Waals surface area contributed by atoms with Crippen LogP contribution in [0.2, 0.25) is 5.02 Å². The summed E-state index contributed by atoms with van der Waals surface area (Å²) < 4.78 is 1.79. The zero-order chi connectivity index (χ0) is 13.0. The maximum atomic E-state index is 11.8. The molecule has 1 aromatic carbocycles. The number of nitrogens with two attached hydrogens (primary N) is 1. The molecule has 0 fully saturated rings. The Morgan fingerprint density at radius 2 is 2.11 bits per heavy atom. The van der Waals surface area contributed by atoms with Gasteiger partial charge in [-0.3, -0.25) is 4.79 Å². The van der Waals surface area contributed by atoms with Gasteiger partial charge in [0.05, 0.1) is 10.7 Å². The van der Waals surface area contributed by atoms with E-state index in [-0.39, 0.29) is 12.5 Å². The molecule has 0 radical (unpaired) electrons. The summed E-state index contributed by atoms with van der Waals surface area (Å²) >= 11 is 5.96. The van der Waals surface area contributed by atoms with Crippen LogP contribution in [0, 0.1) is 0 Å². The summed E-state index contributed by atoms with van der Waals surface area (Å²) in [7, 11) is 0. The van der Waals surface area contributed by atoms with E-state index in [1.807, 2.05) is 30.6 Å². The van der Waals surface area contributed by atoms with Crippen LogP contribution < -0.4 is 11.1 Å². The average Bonchev–Trinajstić information content (AvgIpc) is 2.80. The van der Waals surface area contributed by atoms with Crippen molar-refractivity contribution in [3.05, 3.63) is 53.3 Å². The number of carbonyl (C=O) groups excluding carboxylic acids is 1. The Morgan fingerprint density at radius 3 is 2.78 bits per heavy atom. The summed E-state index contributed by atoms with van der Waals surface area (Å²) in [5.74, 6) is -0.123. The predicted molar refractivity (Wildman–Crippen MR) is 72.4 cm³/mol. The molecule has 0 saturated heterocycles. The minimum Gasteiger partial charge on any atom is -0.345 e. The van der Waals surface area contributed by atoms with Gasteiger partial charge in [0, 0.05) is 18.9 Å². The van der Waals surface area contributed by atoms with Crippen molar-refractivity contribution in [1.82, 2.24) is 4.57 Å². The van der Waals surface area contributed by atoms with Crippen LogP contribution in [0.15, 0.2) is 42.7 Å². The summed E-state index contributed by atoms with van der Waals surface area (Å²) in [6, 6.07) is 9.03. The monoisotopic (exact) mass is 263 g/mol. The molecule has 0 saturated carbocycles. The van der Waals surface area contributed by atoms with Gasteiger partial charge in [0.25, 0.3) is 0 Å². The van der Waals surface area contributed by atoms with Crippen molar-refractivity contribution in [3.8, 4) is 0 Å². The van der Waals surface area contributed by atoms with Crippen LogP contribution in [-0.2, 0) is 17.9 Å². The molecule has 5 heteroatoms. The van der Waals surface area contributed by atoms with Crippen LogP contribution in [-0.4, -0.2) is 10.5 Å². The highest BCUT2D eigenvalue weighted by Crippen LogP contribution is 2.20. The maximum absolute atomic E-state index is 11.8. The lowest BCUT2D eigenvalue weighted by atomic mass is 10.3. The second-order valence-electron chi connectivity index (χ2n) is 3.92. The molecule has 4 nitrogen and oxygen atoms in total. The first-order valence-corrected chi connectivity index (χ1v) is 5.96. The zero-order valence-electron chi connectivity index (χ0n) is 9.77. The quantitative estimate of drug-likeness (QED) is 0.889. The zero-order valence-corrected chi connectivity index (χ0v) is 10.5. The fourth-order valence-corrected chi connectivity index (χ4v) is 1.81. The van der Waals surface area contributed by atoms with Crippen molar-refractivity contribution in [3.63, 3.8) is 0 Å². The lowest BCUT2D eigenvalue weighted by molar-refractivity contribution is -0.116. The molecule has 94 valence electrons. The Morgan fingerprint density at radius 1 is 1.33 bits per heavy atom. The van der Waals surface area contributed by atoms with Crippen molar-refractivity contribution in [1.29, 1.82) is 0 Å². The van der Waals surface area contributed by atoms with Crippen molar-refractivity contribution >= 4 is 23.2 Å². The first kappa shape index (κ1) is 12.7. The number of amides is 1. The van der Waals surface area contributed by atoms with E-state index in [0.29, 0.717) is 17.3 Å². The van der Waals surface area contributed by atoms with Crippen LogP contribution in [0.25, 0.3) is 0 Å². The largest absolute Gasteiger partial charge is 0.345 e. The summed E-state index contributed by atoms with van der Waals surface area (Å²) in [5, 5.41) is 3.29. The first-order valence-electron chi connectivity index (χ1n) is 5.58. The molecule has 1 heterocycles. The number of benzene rings is 1. The van der Waals surface area contributed by atoms with Crippen molar-refractivity contribution in [2.45, 2.75) is 13.1 Å². The van der Waals surface area contributed by atoms with E-state index in [4.69, 9.17) is 17.3 Å². The van der Waals surface area contributed by atoms with Crippen molar-refractivity contribution in [2.75, 3.05) is 5.32 Å². The lowest BCUT2D eigenvalue weighted by Gasteiger charge is -2.07. The number of nitrogens with zero attached hydrogens (tertiary/aromatic N) is 1. The number of hydrogen-bond donors (Lipinski definition) is 2. The van der Waals surface area contributed by atoms with Crippen molar-refractivity contribution in [2.24, 2.45) is 5.73 Å². The van der Waals surface area contributed by atoms with E-state index in [1.54, 1.807) is 16.7 Å². The Kier molecular flexibility index (Phi) is 4.02. The molecule has 0 unspecified atom stereocenters. The highest BCUT2D eigenvalue weighted by atomic mass is 35.5. The topological polar surface area (TPSA) is 60.0 Å². The van der Waals surface area contributed by atoms with E-state index in [0.717, 1.165) is 5.56 Å². The van der Waals surface area contributed by atoms with Crippen LogP contribution >= 0.6 is 11.6 Å². The molecule has 0 aliphatic rings. The molecular weight excluding hydrogens is 250 g/mol. The molecule has 3 N–H and O–H groups in total. The SMILES string of the molecule is NCc1ccn(CC(=O)Nc2ccccc2Cl)c1. The van der Waals surface area contributed by atoms with Gasteiger partial charge in [-0.05, 0) is 23.8 Å². The normalized spacial score (nSPS) is 10.3. The number of anilines is 1. The number of carbonyl (C=O) groups is 1. The number of rotatable bonds is 4. The fourth-order valence-electron chi connectivity index (χ4n) is 1.63.